The molecule has 0 amide bonds. The van der Waals surface area contributed by atoms with Gasteiger partial charge in [0.2, 0.25) is 11.4 Å². The molecule has 0 aliphatic carbocycles. The van der Waals surface area contributed by atoms with Crippen molar-refractivity contribution in [2.75, 3.05) is 0 Å². The maximum atomic E-state index is 5.80. The molecule has 0 N–H and O–H groups in total. The molecule has 106 valence electrons. The Morgan fingerprint density at radius 3 is 1.68 bits per heavy atom. The van der Waals surface area contributed by atoms with Gasteiger partial charge in [-0.15, -0.1) is 0 Å². The van der Waals surface area contributed by atoms with Gasteiger partial charge in [-0.2, -0.15) is 4.98 Å². The van der Waals surface area contributed by atoms with E-state index in [2.05, 4.69) is 31.0 Å². The fourth-order valence-electron chi connectivity index (χ4n) is 2.94. The van der Waals surface area contributed by atoms with Crippen molar-refractivity contribution < 1.29 is 8.83 Å². The lowest BCUT2D eigenvalue weighted by Gasteiger charge is -1.92. The van der Waals surface area contributed by atoms with Crippen molar-refractivity contribution in [3.63, 3.8) is 0 Å². The van der Waals surface area contributed by atoms with Gasteiger partial charge in [0.1, 0.15) is 22.2 Å². The standard InChI is InChI=1S/C18H12N2O2/c1-9-3-5-13-11(7-9)15-17(21-13)20-18-16(19-15)12-8-10(2)4-6-14(12)22-18/h3-8H,1-2H3. The number of benzene rings is 2. The molecule has 2 aromatic carbocycles. The molecule has 0 unspecified atom stereocenters. The van der Waals surface area contributed by atoms with E-state index in [4.69, 9.17) is 13.8 Å². The Labute approximate surface area is 125 Å². The number of fused-ring (bicyclic) bond motifs is 6. The summed E-state index contributed by atoms with van der Waals surface area (Å²) in [5.74, 6) is 0. The molecular formula is C18H12N2O2. The van der Waals surface area contributed by atoms with Crippen LogP contribution in [0.5, 0.6) is 0 Å². The normalized spacial score (nSPS) is 12.1. The molecule has 0 radical (unpaired) electrons. The van der Waals surface area contributed by atoms with E-state index in [0.717, 1.165) is 33.0 Å². The number of nitrogens with zero attached hydrogens (tertiary/aromatic N) is 2. The number of aryl methyl sites for hydroxylation is 2. The van der Waals surface area contributed by atoms with E-state index in [1.165, 1.54) is 11.1 Å². The van der Waals surface area contributed by atoms with Crippen LogP contribution in [0.3, 0.4) is 0 Å². The van der Waals surface area contributed by atoms with Crippen LogP contribution in [0.2, 0.25) is 0 Å². The summed E-state index contributed by atoms with van der Waals surface area (Å²) >= 11 is 0. The fraction of sp³-hybridized carbons (Fsp3) is 0.111. The highest BCUT2D eigenvalue weighted by Crippen LogP contribution is 2.32. The molecule has 0 atom stereocenters. The summed E-state index contributed by atoms with van der Waals surface area (Å²) in [5, 5.41) is 1.98. The summed E-state index contributed by atoms with van der Waals surface area (Å²) in [5.41, 5.74) is 6.55. The van der Waals surface area contributed by atoms with Gasteiger partial charge in [-0.25, -0.2) is 4.98 Å². The van der Waals surface area contributed by atoms with Crippen molar-refractivity contribution in [3.8, 4) is 0 Å². The highest BCUT2D eigenvalue weighted by molar-refractivity contribution is 6.08. The molecule has 0 spiro atoms. The smallest absolute Gasteiger partial charge is 0.249 e. The second kappa shape index (κ2) is 3.85. The van der Waals surface area contributed by atoms with Crippen LogP contribution in [0.15, 0.2) is 45.2 Å². The predicted molar refractivity (Wildman–Crippen MR) is 86.1 cm³/mol. The van der Waals surface area contributed by atoms with Crippen LogP contribution in [0, 0.1) is 13.8 Å². The molecule has 0 saturated carbocycles. The van der Waals surface area contributed by atoms with E-state index < -0.39 is 0 Å². The molecule has 4 nitrogen and oxygen atoms in total. The van der Waals surface area contributed by atoms with Crippen LogP contribution in [0.25, 0.3) is 44.4 Å². The van der Waals surface area contributed by atoms with E-state index in [1.54, 1.807) is 0 Å². The van der Waals surface area contributed by atoms with Crippen molar-refractivity contribution in [2.45, 2.75) is 13.8 Å². The summed E-state index contributed by atoms with van der Waals surface area (Å²) in [7, 11) is 0. The quantitative estimate of drug-likeness (QED) is 0.407. The molecular weight excluding hydrogens is 276 g/mol. The average molecular weight is 288 g/mol. The number of furan rings is 2. The van der Waals surface area contributed by atoms with E-state index in [0.29, 0.717) is 11.4 Å². The third kappa shape index (κ3) is 1.46. The minimum atomic E-state index is 0.517. The lowest BCUT2D eigenvalue weighted by atomic mass is 10.1. The van der Waals surface area contributed by atoms with Crippen molar-refractivity contribution >= 4 is 44.4 Å². The van der Waals surface area contributed by atoms with Crippen LogP contribution >= 0.6 is 0 Å². The summed E-state index contributed by atoms with van der Waals surface area (Å²) in [6.07, 6.45) is 0. The molecule has 5 aromatic rings. The van der Waals surface area contributed by atoms with Gasteiger partial charge < -0.3 is 8.83 Å². The zero-order chi connectivity index (χ0) is 14.8. The summed E-state index contributed by atoms with van der Waals surface area (Å²) in [4.78, 5) is 9.30. The summed E-state index contributed by atoms with van der Waals surface area (Å²) < 4.78 is 11.6. The fourth-order valence-corrected chi connectivity index (χ4v) is 2.94. The largest absolute Gasteiger partial charge is 0.436 e. The van der Waals surface area contributed by atoms with Crippen LogP contribution in [0.1, 0.15) is 11.1 Å². The van der Waals surface area contributed by atoms with Gasteiger partial charge in [0.25, 0.3) is 0 Å². The lowest BCUT2D eigenvalue weighted by molar-refractivity contribution is 0.630. The van der Waals surface area contributed by atoms with Crippen LogP contribution in [-0.2, 0) is 0 Å². The van der Waals surface area contributed by atoms with Crippen molar-refractivity contribution in [2.24, 2.45) is 0 Å². The second-order valence-electron chi connectivity index (χ2n) is 5.73. The van der Waals surface area contributed by atoms with E-state index in [9.17, 15) is 0 Å². The predicted octanol–water partition coefficient (Wildman–Crippen LogP) is 4.89. The van der Waals surface area contributed by atoms with E-state index in [1.807, 2.05) is 24.3 Å². The van der Waals surface area contributed by atoms with Gasteiger partial charge in [0.15, 0.2) is 0 Å². The molecule has 5 rings (SSSR count). The van der Waals surface area contributed by atoms with E-state index >= 15 is 0 Å². The Bertz CT molecular complexity index is 1110. The second-order valence-corrected chi connectivity index (χ2v) is 5.73. The Morgan fingerprint density at radius 2 is 1.18 bits per heavy atom. The van der Waals surface area contributed by atoms with Gasteiger partial charge in [-0.05, 0) is 38.1 Å². The molecule has 3 heterocycles. The number of hydrogen-bond acceptors (Lipinski definition) is 4. The monoisotopic (exact) mass is 288 g/mol. The summed E-state index contributed by atoms with van der Waals surface area (Å²) in [6.45, 7) is 4.11. The molecule has 0 saturated heterocycles. The number of rotatable bonds is 0. The molecule has 0 bridgehead atoms. The number of hydrogen-bond donors (Lipinski definition) is 0. The Morgan fingerprint density at radius 1 is 0.682 bits per heavy atom. The summed E-state index contributed by atoms with van der Waals surface area (Å²) in [6, 6.07) is 12.1. The SMILES string of the molecule is Cc1ccc2oc3nc4oc5ccc(C)cc5c4nc3c2c1. The first-order chi connectivity index (χ1) is 10.7. The molecule has 22 heavy (non-hydrogen) atoms. The van der Waals surface area contributed by atoms with E-state index in [-0.39, 0.29) is 0 Å². The minimum absolute atomic E-state index is 0.517. The minimum Gasteiger partial charge on any atom is -0.436 e. The average Bonchev–Trinajstić information content (AvgIpc) is 3.02. The first-order valence-electron chi connectivity index (χ1n) is 7.19. The van der Waals surface area contributed by atoms with Gasteiger partial charge in [-0.1, -0.05) is 23.3 Å². The molecule has 3 aromatic heterocycles. The topological polar surface area (TPSA) is 52.1 Å². The first-order valence-corrected chi connectivity index (χ1v) is 7.19. The molecule has 4 heteroatoms. The first kappa shape index (κ1) is 11.7. The van der Waals surface area contributed by atoms with Gasteiger partial charge in [0.05, 0.1) is 0 Å². The Kier molecular flexibility index (Phi) is 2.06. The molecule has 0 fully saturated rings. The highest BCUT2D eigenvalue weighted by Gasteiger charge is 2.16. The van der Waals surface area contributed by atoms with Crippen molar-refractivity contribution in [3.05, 3.63) is 47.5 Å². The van der Waals surface area contributed by atoms with Crippen LogP contribution in [-0.4, -0.2) is 9.97 Å². The zero-order valence-corrected chi connectivity index (χ0v) is 12.2. The van der Waals surface area contributed by atoms with Crippen molar-refractivity contribution in [1.29, 1.82) is 0 Å². The van der Waals surface area contributed by atoms with Gasteiger partial charge in [-0.3, -0.25) is 0 Å². The van der Waals surface area contributed by atoms with Gasteiger partial charge in [0, 0.05) is 10.8 Å². The Balaban J connectivity index is 2.00. The number of aromatic nitrogens is 2. The molecule has 0 aliphatic rings. The van der Waals surface area contributed by atoms with Gasteiger partial charge >= 0.3 is 0 Å². The third-order valence-electron chi connectivity index (χ3n) is 4.03. The third-order valence-corrected chi connectivity index (χ3v) is 4.03. The lowest BCUT2D eigenvalue weighted by Crippen LogP contribution is -1.81. The van der Waals surface area contributed by atoms with Crippen molar-refractivity contribution in [1.82, 2.24) is 9.97 Å². The maximum absolute atomic E-state index is 5.80. The van der Waals surface area contributed by atoms with Crippen LogP contribution < -0.4 is 0 Å². The molecule has 0 aliphatic heterocycles. The van der Waals surface area contributed by atoms with Crippen LogP contribution in [0.4, 0.5) is 0 Å². The zero-order valence-electron chi connectivity index (χ0n) is 12.2. The Hall–Kier alpha value is -2.88. The highest BCUT2D eigenvalue weighted by atomic mass is 16.4. The maximum Gasteiger partial charge on any atom is 0.249 e.